The van der Waals surface area contributed by atoms with Crippen molar-refractivity contribution in [2.45, 2.75) is 6.92 Å². The second-order valence-corrected chi connectivity index (χ2v) is 10.4. The topological polar surface area (TPSA) is 116 Å². The number of hydrogen-bond donors (Lipinski definition) is 4. The fourth-order valence-corrected chi connectivity index (χ4v) is 5.22. The number of rotatable bonds is 6. The zero-order valence-corrected chi connectivity index (χ0v) is 23.7. The molecule has 214 valence electrons. The number of aromatic nitrogens is 1. The number of pyridine rings is 1. The van der Waals surface area contributed by atoms with Crippen LogP contribution in [0.4, 0.5) is 27.7 Å². The summed E-state index contributed by atoms with van der Waals surface area (Å²) in [4.78, 5) is 39.5. The number of aliphatic imine (C=N–C) groups is 1. The van der Waals surface area contributed by atoms with Crippen molar-refractivity contribution in [1.82, 2.24) is 9.88 Å². The SMILES string of the molecule is Cc1c(NC(=O)Nc2cccc(Cl)c2)cccc1N1C=C(Nc2ccc(C(=O)N3CCOCC3)cn2)C2=NC=C[NH+]2C1. The molecule has 3 amide bonds. The summed E-state index contributed by atoms with van der Waals surface area (Å²) in [7, 11) is 0. The average Bonchev–Trinajstić information content (AvgIpc) is 3.48. The van der Waals surface area contributed by atoms with Gasteiger partial charge in [0, 0.05) is 41.9 Å². The summed E-state index contributed by atoms with van der Waals surface area (Å²) in [5.74, 6) is 1.39. The molecule has 0 spiro atoms. The summed E-state index contributed by atoms with van der Waals surface area (Å²) >= 11 is 6.04. The van der Waals surface area contributed by atoms with Crippen LogP contribution >= 0.6 is 11.6 Å². The van der Waals surface area contributed by atoms with Gasteiger partial charge >= 0.3 is 6.03 Å². The van der Waals surface area contributed by atoms with Gasteiger partial charge in [-0.3, -0.25) is 9.69 Å². The fourth-order valence-electron chi connectivity index (χ4n) is 5.03. The quantitative estimate of drug-likeness (QED) is 0.351. The molecule has 2 aromatic carbocycles. The minimum absolute atomic E-state index is 0.0504. The lowest BCUT2D eigenvalue weighted by molar-refractivity contribution is -0.743. The summed E-state index contributed by atoms with van der Waals surface area (Å²) in [6.45, 7) is 4.83. The van der Waals surface area contributed by atoms with Gasteiger partial charge in [0.1, 0.15) is 17.7 Å². The Morgan fingerprint density at radius 2 is 1.88 bits per heavy atom. The van der Waals surface area contributed by atoms with Crippen LogP contribution in [-0.4, -0.2) is 60.6 Å². The third-order valence-corrected chi connectivity index (χ3v) is 7.42. The highest BCUT2D eigenvalue weighted by atomic mass is 35.5. The van der Waals surface area contributed by atoms with Crippen LogP contribution in [0.3, 0.4) is 0 Å². The molecular formula is C30H30ClN8O3+. The van der Waals surface area contributed by atoms with Gasteiger partial charge in [-0.15, -0.1) is 0 Å². The number of amidine groups is 1. The van der Waals surface area contributed by atoms with Crippen molar-refractivity contribution in [3.8, 4) is 0 Å². The number of nitrogens with one attached hydrogen (secondary N) is 4. The number of amides is 3. The molecule has 3 aliphatic rings. The molecule has 11 nitrogen and oxygen atoms in total. The van der Waals surface area contributed by atoms with Crippen molar-refractivity contribution in [1.29, 1.82) is 0 Å². The maximum atomic E-state index is 12.8. The number of ether oxygens (including phenoxy) is 1. The molecule has 1 atom stereocenters. The van der Waals surface area contributed by atoms with Crippen molar-refractivity contribution >= 4 is 52.3 Å². The van der Waals surface area contributed by atoms with E-state index in [1.807, 2.05) is 37.5 Å². The molecule has 12 heteroatoms. The number of quaternary nitrogens is 1. The lowest BCUT2D eigenvalue weighted by Crippen LogP contribution is -3.12. The first-order valence-electron chi connectivity index (χ1n) is 13.6. The molecule has 0 radical (unpaired) electrons. The van der Waals surface area contributed by atoms with E-state index in [1.165, 1.54) is 0 Å². The van der Waals surface area contributed by atoms with Gasteiger partial charge in [-0.05, 0) is 55.0 Å². The number of nitrogens with zero attached hydrogens (tertiary/aromatic N) is 4. The second-order valence-electron chi connectivity index (χ2n) is 9.99. The highest BCUT2D eigenvalue weighted by Gasteiger charge is 2.32. The van der Waals surface area contributed by atoms with Crippen LogP contribution in [0.1, 0.15) is 15.9 Å². The Kier molecular flexibility index (Phi) is 7.87. The first kappa shape index (κ1) is 27.5. The summed E-state index contributed by atoms with van der Waals surface area (Å²) in [6, 6.07) is 16.0. The van der Waals surface area contributed by atoms with Crippen molar-refractivity contribution in [3.63, 3.8) is 0 Å². The molecule has 1 unspecified atom stereocenters. The number of fused-ring (bicyclic) bond motifs is 1. The molecule has 3 aliphatic heterocycles. The molecule has 6 rings (SSSR count). The molecule has 0 bridgehead atoms. The summed E-state index contributed by atoms with van der Waals surface area (Å²) in [5, 5.41) is 9.68. The standard InChI is InChI=1S/C30H29ClN8O3/c1-20-24(36-30(41)34-23-5-2-4-22(31)16-23)6-3-7-26(20)39-18-25(28-32-10-11-38(28)19-39)35-27-9-8-21(17-33-27)29(40)37-12-14-42-15-13-37/h2-11,16-18H,12-15,19H2,1H3,(H,33,35)(H2,34,36,41)/p+1. The first-order valence-corrected chi connectivity index (χ1v) is 13.9. The van der Waals surface area contributed by atoms with Gasteiger partial charge in [0.05, 0.1) is 30.7 Å². The highest BCUT2D eigenvalue weighted by molar-refractivity contribution is 6.30. The predicted octanol–water partition coefficient (Wildman–Crippen LogP) is 3.66. The monoisotopic (exact) mass is 585 g/mol. The molecule has 1 fully saturated rings. The fraction of sp³-hybridized carbons (Fsp3) is 0.200. The Morgan fingerprint density at radius 3 is 2.67 bits per heavy atom. The number of carbonyl (C=O) groups is 2. The van der Waals surface area contributed by atoms with E-state index >= 15 is 0 Å². The highest BCUT2D eigenvalue weighted by Crippen LogP contribution is 2.28. The van der Waals surface area contributed by atoms with Gasteiger partial charge in [0.25, 0.3) is 11.7 Å². The van der Waals surface area contributed by atoms with Crippen LogP contribution < -0.4 is 25.8 Å². The molecule has 4 heterocycles. The maximum Gasteiger partial charge on any atom is 0.323 e. The molecule has 1 saturated heterocycles. The van der Waals surface area contributed by atoms with E-state index in [0.29, 0.717) is 60.8 Å². The maximum absolute atomic E-state index is 12.8. The summed E-state index contributed by atoms with van der Waals surface area (Å²) in [5.41, 5.74) is 4.43. The number of halogens is 1. The van der Waals surface area contributed by atoms with Crippen LogP contribution in [0.15, 0.2) is 90.1 Å². The smallest absolute Gasteiger partial charge is 0.323 e. The zero-order valence-electron chi connectivity index (χ0n) is 22.9. The zero-order chi connectivity index (χ0) is 29.1. The lowest BCUT2D eigenvalue weighted by atomic mass is 10.1. The Bertz CT molecular complexity index is 1600. The molecule has 1 aromatic heterocycles. The molecule has 42 heavy (non-hydrogen) atoms. The Labute approximate surface area is 248 Å². The molecule has 0 saturated carbocycles. The van der Waals surface area contributed by atoms with Crippen LogP contribution in [0.5, 0.6) is 0 Å². The third-order valence-electron chi connectivity index (χ3n) is 7.18. The van der Waals surface area contributed by atoms with Crippen LogP contribution in [-0.2, 0) is 4.74 Å². The van der Waals surface area contributed by atoms with Crippen LogP contribution in [0, 0.1) is 6.92 Å². The van der Waals surface area contributed by atoms with Gasteiger partial charge in [-0.25, -0.2) is 14.7 Å². The Morgan fingerprint density at radius 1 is 1.05 bits per heavy atom. The largest absolute Gasteiger partial charge is 0.378 e. The Hall–Kier alpha value is -4.71. The number of morpholine rings is 1. The molecule has 3 aromatic rings. The molecule has 0 aliphatic carbocycles. The van der Waals surface area contributed by atoms with E-state index in [0.717, 1.165) is 27.7 Å². The van der Waals surface area contributed by atoms with Crippen molar-refractivity contribution in [3.05, 3.63) is 101 Å². The third kappa shape index (κ3) is 5.98. The van der Waals surface area contributed by atoms with Crippen molar-refractivity contribution in [2.24, 2.45) is 4.99 Å². The summed E-state index contributed by atoms with van der Waals surface area (Å²) < 4.78 is 5.35. The minimum atomic E-state index is -0.363. The van der Waals surface area contributed by atoms with E-state index < -0.39 is 0 Å². The van der Waals surface area contributed by atoms with Gasteiger partial charge in [0.2, 0.25) is 0 Å². The minimum Gasteiger partial charge on any atom is -0.378 e. The number of anilines is 4. The normalized spacial score (nSPS) is 17.7. The van der Waals surface area contributed by atoms with Gasteiger partial charge in [0.15, 0.2) is 6.67 Å². The molecule has 4 N–H and O–H groups in total. The number of hydrogen-bond acceptors (Lipinski definition) is 7. The molecular weight excluding hydrogens is 556 g/mol. The second kappa shape index (κ2) is 12.0. The van der Waals surface area contributed by atoms with E-state index in [4.69, 9.17) is 16.3 Å². The predicted molar refractivity (Wildman–Crippen MR) is 163 cm³/mol. The van der Waals surface area contributed by atoms with E-state index in [-0.39, 0.29) is 11.9 Å². The number of urea groups is 1. The van der Waals surface area contributed by atoms with Gasteiger partial charge in [-0.1, -0.05) is 23.7 Å². The first-order chi connectivity index (χ1) is 20.4. The van der Waals surface area contributed by atoms with E-state index in [9.17, 15) is 9.59 Å². The lowest BCUT2D eigenvalue weighted by Gasteiger charge is -2.31. The number of benzene rings is 2. The Balaban J connectivity index is 1.19. The van der Waals surface area contributed by atoms with Crippen molar-refractivity contribution in [2.75, 3.05) is 53.8 Å². The van der Waals surface area contributed by atoms with E-state index in [1.54, 1.807) is 53.7 Å². The van der Waals surface area contributed by atoms with Crippen LogP contribution in [0.25, 0.3) is 0 Å². The number of carbonyl (C=O) groups excluding carboxylic acids is 2. The van der Waals surface area contributed by atoms with Crippen LogP contribution in [0.2, 0.25) is 5.02 Å². The van der Waals surface area contributed by atoms with Gasteiger partial charge in [-0.2, -0.15) is 4.99 Å². The van der Waals surface area contributed by atoms with Gasteiger partial charge < -0.3 is 25.6 Å². The van der Waals surface area contributed by atoms with Crippen molar-refractivity contribution < 1.29 is 19.2 Å². The average molecular weight is 586 g/mol. The summed E-state index contributed by atoms with van der Waals surface area (Å²) in [6.07, 6.45) is 7.35. The van der Waals surface area contributed by atoms with E-state index in [2.05, 4.69) is 30.8 Å².